The molecular weight excluding hydrogens is 522 g/mol. The van der Waals surface area contributed by atoms with Crippen molar-refractivity contribution in [2.45, 2.75) is 116 Å². The third-order valence-corrected chi connectivity index (χ3v) is 7.27. The molecule has 0 rings (SSSR count). The Morgan fingerprint density at radius 3 is 1.82 bits per heavy atom. The van der Waals surface area contributed by atoms with Crippen LogP contribution in [-0.4, -0.2) is 79.4 Å². The normalized spacial score (nSPS) is 12.3. The lowest BCUT2D eigenvalue weighted by Crippen LogP contribution is -2.53. The number of hydrogen-bond acceptors (Lipinski definition) is 8. The van der Waals surface area contributed by atoms with Crippen LogP contribution in [0, 0.1) is 0 Å². The van der Waals surface area contributed by atoms with Gasteiger partial charge in [0.05, 0.1) is 20.3 Å². The summed E-state index contributed by atoms with van der Waals surface area (Å²) in [5.74, 6) is -1.07. The van der Waals surface area contributed by atoms with Crippen LogP contribution >= 0.6 is 11.8 Å². The van der Waals surface area contributed by atoms with Crippen LogP contribution in [0.3, 0.4) is 0 Å². The van der Waals surface area contributed by atoms with E-state index in [1.165, 1.54) is 95.7 Å². The van der Waals surface area contributed by atoms with E-state index in [2.05, 4.69) is 27.6 Å². The molecule has 4 N–H and O–H groups in total. The molecule has 0 aromatic carbocycles. The van der Waals surface area contributed by atoms with E-state index in [0.717, 1.165) is 20.0 Å². The molecule has 10 nitrogen and oxygen atoms in total. The standard InChI is InChI=1S/C28H53N3O7S/c1-4-5-6-7-8-9-10-11-12-13-14-15-16-17-19-38-28(36)29-18-20-39-22-25(30-23(2)33)26(34)31-24(21-32)27(35)37-3/h24-25,32H,4-22H2,1-3H3,(H,29,36)(H,30,33)(H,31,34). The first-order valence-electron chi connectivity index (χ1n) is 14.6. The Labute approximate surface area is 239 Å². The first kappa shape index (κ1) is 37.0. The molecule has 0 saturated heterocycles. The minimum atomic E-state index is -1.21. The lowest BCUT2D eigenvalue weighted by molar-refractivity contribution is -0.146. The third-order valence-electron chi connectivity index (χ3n) is 6.21. The summed E-state index contributed by atoms with van der Waals surface area (Å²) in [4.78, 5) is 47.3. The van der Waals surface area contributed by atoms with Crippen LogP contribution in [0.2, 0.25) is 0 Å². The summed E-state index contributed by atoms with van der Waals surface area (Å²) < 4.78 is 9.73. The predicted octanol–water partition coefficient (Wildman–Crippen LogP) is 4.08. The molecule has 0 aromatic rings. The summed E-state index contributed by atoms with van der Waals surface area (Å²) in [6, 6.07) is -2.11. The number of rotatable bonds is 25. The molecular formula is C28H53N3O7S. The second kappa shape index (κ2) is 26.2. The van der Waals surface area contributed by atoms with E-state index in [4.69, 9.17) is 4.74 Å². The van der Waals surface area contributed by atoms with E-state index in [9.17, 15) is 24.3 Å². The molecule has 0 bridgehead atoms. The molecule has 2 atom stereocenters. The van der Waals surface area contributed by atoms with Crippen molar-refractivity contribution in [3.8, 4) is 0 Å². The maximum atomic E-state index is 12.4. The summed E-state index contributed by atoms with van der Waals surface area (Å²) in [5, 5.41) is 16.8. The number of amides is 3. The van der Waals surface area contributed by atoms with E-state index in [1.54, 1.807) is 0 Å². The highest BCUT2D eigenvalue weighted by molar-refractivity contribution is 7.99. The van der Waals surface area contributed by atoms with Crippen LogP contribution in [0.15, 0.2) is 0 Å². The van der Waals surface area contributed by atoms with Crippen molar-refractivity contribution in [3.05, 3.63) is 0 Å². The van der Waals surface area contributed by atoms with Crippen LogP contribution in [0.25, 0.3) is 0 Å². The van der Waals surface area contributed by atoms with Gasteiger partial charge >= 0.3 is 12.1 Å². The van der Waals surface area contributed by atoms with E-state index in [0.29, 0.717) is 18.9 Å². The summed E-state index contributed by atoms with van der Waals surface area (Å²) in [7, 11) is 1.15. The molecule has 0 aliphatic heterocycles. The predicted molar refractivity (Wildman–Crippen MR) is 156 cm³/mol. The van der Waals surface area contributed by atoms with Gasteiger partial charge in [-0.25, -0.2) is 9.59 Å². The Kier molecular flexibility index (Phi) is 24.9. The zero-order valence-electron chi connectivity index (χ0n) is 24.4. The van der Waals surface area contributed by atoms with Gasteiger partial charge in [0, 0.05) is 25.0 Å². The quantitative estimate of drug-likeness (QED) is 0.0942. The number of thioether (sulfide) groups is 1. The smallest absolute Gasteiger partial charge is 0.407 e. The van der Waals surface area contributed by atoms with Crippen molar-refractivity contribution < 1.29 is 33.8 Å². The highest BCUT2D eigenvalue weighted by Gasteiger charge is 2.26. The number of aliphatic hydroxyl groups excluding tert-OH is 1. The summed E-state index contributed by atoms with van der Waals surface area (Å²) in [6.45, 7) is 3.66. The van der Waals surface area contributed by atoms with Crippen LogP contribution in [-0.2, 0) is 23.9 Å². The number of unbranched alkanes of at least 4 members (excludes halogenated alkanes) is 13. The van der Waals surface area contributed by atoms with E-state index in [1.807, 2.05) is 0 Å². The number of carbonyl (C=O) groups is 4. The molecule has 2 unspecified atom stereocenters. The Morgan fingerprint density at radius 2 is 1.33 bits per heavy atom. The molecule has 3 amide bonds. The molecule has 0 heterocycles. The van der Waals surface area contributed by atoms with E-state index >= 15 is 0 Å². The zero-order chi connectivity index (χ0) is 29.1. The monoisotopic (exact) mass is 575 g/mol. The molecule has 39 heavy (non-hydrogen) atoms. The number of methoxy groups -OCH3 is 1. The van der Waals surface area contributed by atoms with E-state index in [-0.39, 0.29) is 5.75 Å². The van der Waals surface area contributed by atoms with Crippen molar-refractivity contribution in [2.75, 3.05) is 38.4 Å². The van der Waals surface area contributed by atoms with E-state index < -0.39 is 42.6 Å². The second-order valence-corrected chi connectivity index (χ2v) is 10.9. The van der Waals surface area contributed by atoms with Crippen molar-refractivity contribution in [2.24, 2.45) is 0 Å². The molecule has 0 saturated carbocycles. The van der Waals surface area contributed by atoms with Gasteiger partial charge in [0.15, 0.2) is 6.04 Å². The molecule has 0 fully saturated rings. The van der Waals surface area contributed by atoms with Crippen LogP contribution in [0.4, 0.5) is 4.79 Å². The lowest BCUT2D eigenvalue weighted by atomic mass is 10.0. The largest absolute Gasteiger partial charge is 0.467 e. The molecule has 0 aliphatic carbocycles. The molecule has 0 aliphatic rings. The van der Waals surface area contributed by atoms with Gasteiger partial charge in [-0.1, -0.05) is 90.4 Å². The van der Waals surface area contributed by atoms with Gasteiger partial charge in [0.25, 0.3) is 0 Å². The van der Waals surface area contributed by atoms with Gasteiger partial charge in [-0.2, -0.15) is 11.8 Å². The first-order chi connectivity index (χ1) is 18.8. The molecule has 11 heteroatoms. The number of nitrogens with one attached hydrogen (secondary N) is 3. The third kappa shape index (κ3) is 22.5. The number of hydrogen-bond donors (Lipinski definition) is 4. The molecule has 0 radical (unpaired) electrons. The fraction of sp³-hybridized carbons (Fsp3) is 0.857. The topological polar surface area (TPSA) is 143 Å². The van der Waals surface area contributed by atoms with Crippen molar-refractivity contribution in [1.29, 1.82) is 0 Å². The minimum absolute atomic E-state index is 0.223. The number of aliphatic hydroxyl groups is 1. The fourth-order valence-corrected chi connectivity index (χ4v) is 4.84. The van der Waals surface area contributed by atoms with Crippen molar-refractivity contribution in [3.63, 3.8) is 0 Å². The van der Waals surface area contributed by atoms with Gasteiger partial charge in [0.1, 0.15) is 6.04 Å². The number of alkyl carbamates (subject to hydrolysis) is 1. The summed E-state index contributed by atoms with van der Waals surface area (Å²) >= 11 is 1.35. The maximum Gasteiger partial charge on any atom is 0.407 e. The maximum absolute atomic E-state index is 12.4. The Hall–Kier alpha value is -2.01. The number of ether oxygens (including phenoxy) is 2. The molecule has 228 valence electrons. The number of esters is 1. The molecule has 0 spiro atoms. The Bertz CT molecular complexity index is 667. The molecule has 0 aromatic heterocycles. The lowest BCUT2D eigenvalue weighted by Gasteiger charge is -2.20. The van der Waals surface area contributed by atoms with Gasteiger partial charge < -0.3 is 30.5 Å². The van der Waals surface area contributed by atoms with Crippen molar-refractivity contribution >= 4 is 35.6 Å². The van der Waals surface area contributed by atoms with Gasteiger partial charge in [-0.05, 0) is 6.42 Å². The Morgan fingerprint density at radius 1 is 0.795 bits per heavy atom. The first-order valence-corrected chi connectivity index (χ1v) is 15.8. The average Bonchev–Trinajstić information content (AvgIpc) is 2.92. The summed E-state index contributed by atoms with van der Waals surface area (Å²) in [5.41, 5.74) is 0. The second-order valence-electron chi connectivity index (χ2n) is 9.75. The minimum Gasteiger partial charge on any atom is -0.467 e. The SMILES string of the molecule is CCCCCCCCCCCCCCCCOC(=O)NCCSCC(NC(C)=O)C(=O)NC(CO)C(=O)OC. The fourth-order valence-electron chi connectivity index (χ4n) is 3.96. The highest BCUT2D eigenvalue weighted by Crippen LogP contribution is 2.13. The Balaban J connectivity index is 3.79. The van der Waals surface area contributed by atoms with Gasteiger partial charge in [-0.3, -0.25) is 9.59 Å². The van der Waals surface area contributed by atoms with Crippen LogP contribution in [0.1, 0.15) is 104 Å². The average molecular weight is 576 g/mol. The highest BCUT2D eigenvalue weighted by atomic mass is 32.2. The van der Waals surface area contributed by atoms with Crippen molar-refractivity contribution in [1.82, 2.24) is 16.0 Å². The van der Waals surface area contributed by atoms with Crippen LogP contribution < -0.4 is 16.0 Å². The summed E-state index contributed by atoms with van der Waals surface area (Å²) in [6.07, 6.45) is 17.4. The zero-order valence-corrected chi connectivity index (χ0v) is 25.2. The van der Waals surface area contributed by atoms with Gasteiger partial charge in [-0.15, -0.1) is 0 Å². The van der Waals surface area contributed by atoms with Gasteiger partial charge in [0.2, 0.25) is 11.8 Å². The van der Waals surface area contributed by atoms with Crippen LogP contribution in [0.5, 0.6) is 0 Å². The number of carbonyl (C=O) groups excluding carboxylic acids is 4.